The molecule has 3 nitrogen and oxygen atoms in total. The van der Waals surface area contributed by atoms with Gasteiger partial charge < -0.3 is 10.2 Å². The first-order valence-electron chi connectivity index (χ1n) is 6.48. The van der Waals surface area contributed by atoms with Crippen LogP contribution in [-0.4, -0.2) is 4.98 Å². The van der Waals surface area contributed by atoms with Gasteiger partial charge in [-0.3, -0.25) is 4.98 Å². The summed E-state index contributed by atoms with van der Waals surface area (Å²) in [6.45, 7) is 2.05. The molecule has 0 saturated heterocycles. The van der Waals surface area contributed by atoms with Gasteiger partial charge in [-0.15, -0.1) is 0 Å². The summed E-state index contributed by atoms with van der Waals surface area (Å²) in [7, 11) is 0. The Labute approximate surface area is 112 Å². The van der Waals surface area contributed by atoms with Crippen LogP contribution >= 0.6 is 0 Å². The molecule has 3 rings (SSSR count). The lowest BCUT2D eigenvalue weighted by Gasteiger charge is -2.05. The molecule has 2 N–H and O–H groups in total. The highest BCUT2D eigenvalue weighted by molar-refractivity contribution is 5.94. The number of pyridine rings is 1. The van der Waals surface area contributed by atoms with Crippen LogP contribution in [0.25, 0.3) is 22.1 Å². The number of hydrogen-bond donors (Lipinski definition) is 1. The maximum absolute atomic E-state index is 5.99. The molecule has 1 atom stereocenters. The van der Waals surface area contributed by atoms with E-state index < -0.39 is 0 Å². The average Bonchev–Trinajstić information content (AvgIpc) is 2.95. The molecule has 1 aromatic carbocycles. The van der Waals surface area contributed by atoms with Gasteiger partial charge >= 0.3 is 0 Å². The van der Waals surface area contributed by atoms with E-state index in [9.17, 15) is 0 Å². The van der Waals surface area contributed by atoms with Gasteiger partial charge in [-0.1, -0.05) is 25.1 Å². The SMILES string of the molecule is CCC(N)c1ccc(-c2cccc3ccncc23)o1. The van der Waals surface area contributed by atoms with Crippen LogP contribution < -0.4 is 5.73 Å². The third-order valence-electron chi connectivity index (χ3n) is 3.38. The van der Waals surface area contributed by atoms with Crippen LogP contribution in [0.5, 0.6) is 0 Å². The number of rotatable bonds is 3. The summed E-state index contributed by atoms with van der Waals surface area (Å²) < 4.78 is 5.88. The molecule has 2 heterocycles. The number of fused-ring (bicyclic) bond motifs is 1. The number of benzene rings is 1. The first-order chi connectivity index (χ1) is 9.29. The predicted octanol–water partition coefficient (Wildman–Crippen LogP) is 3.90. The quantitative estimate of drug-likeness (QED) is 0.769. The van der Waals surface area contributed by atoms with Crippen molar-refractivity contribution < 1.29 is 4.42 Å². The third kappa shape index (κ3) is 2.13. The van der Waals surface area contributed by atoms with E-state index in [-0.39, 0.29) is 6.04 Å². The summed E-state index contributed by atoms with van der Waals surface area (Å²) in [5, 5.41) is 2.25. The molecule has 0 bridgehead atoms. The molecule has 0 saturated carbocycles. The molecular formula is C16H16N2O. The minimum absolute atomic E-state index is 0.0400. The molecule has 0 radical (unpaired) electrons. The first-order valence-corrected chi connectivity index (χ1v) is 6.48. The zero-order valence-electron chi connectivity index (χ0n) is 10.8. The Kier molecular flexibility index (Phi) is 3.05. The fourth-order valence-electron chi connectivity index (χ4n) is 2.23. The fourth-order valence-corrected chi connectivity index (χ4v) is 2.23. The lowest BCUT2D eigenvalue weighted by Crippen LogP contribution is -2.06. The van der Waals surface area contributed by atoms with Crippen LogP contribution in [0.4, 0.5) is 0 Å². The molecule has 3 aromatic rings. The van der Waals surface area contributed by atoms with E-state index in [0.29, 0.717) is 0 Å². The molecule has 0 aliphatic rings. The van der Waals surface area contributed by atoms with Crippen molar-refractivity contribution in [2.75, 3.05) is 0 Å². The zero-order chi connectivity index (χ0) is 13.2. The number of hydrogen-bond acceptors (Lipinski definition) is 3. The lowest BCUT2D eigenvalue weighted by atomic mass is 10.1. The van der Waals surface area contributed by atoms with Crippen LogP contribution in [0.3, 0.4) is 0 Å². The van der Waals surface area contributed by atoms with E-state index in [1.54, 1.807) is 6.20 Å². The molecule has 3 heteroatoms. The van der Waals surface area contributed by atoms with Crippen molar-refractivity contribution in [3.63, 3.8) is 0 Å². The minimum atomic E-state index is -0.0400. The molecule has 19 heavy (non-hydrogen) atoms. The van der Waals surface area contributed by atoms with Crippen molar-refractivity contribution in [2.24, 2.45) is 5.73 Å². The standard InChI is InChI=1S/C16H16N2O/c1-2-14(17)16-7-6-15(19-16)12-5-3-4-11-8-9-18-10-13(11)12/h3-10,14H,2,17H2,1H3. The van der Waals surface area contributed by atoms with Gasteiger partial charge in [0, 0.05) is 23.3 Å². The van der Waals surface area contributed by atoms with Crippen molar-refractivity contribution >= 4 is 10.8 Å². The normalized spacial score (nSPS) is 12.7. The second-order valence-electron chi connectivity index (χ2n) is 4.62. The Balaban J connectivity index is 2.12. The summed E-state index contributed by atoms with van der Waals surface area (Å²) >= 11 is 0. The van der Waals surface area contributed by atoms with Crippen molar-refractivity contribution in [1.82, 2.24) is 4.98 Å². The predicted molar refractivity (Wildman–Crippen MR) is 76.7 cm³/mol. The van der Waals surface area contributed by atoms with Gasteiger partial charge in [-0.2, -0.15) is 0 Å². The van der Waals surface area contributed by atoms with E-state index in [0.717, 1.165) is 34.3 Å². The van der Waals surface area contributed by atoms with Crippen molar-refractivity contribution in [2.45, 2.75) is 19.4 Å². The topological polar surface area (TPSA) is 52.0 Å². The van der Waals surface area contributed by atoms with Gasteiger partial charge in [0.1, 0.15) is 11.5 Å². The highest BCUT2D eigenvalue weighted by atomic mass is 16.3. The Hall–Kier alpha value is -2.13. The zero-order valence-corrected chi connectivity index (χ0v) is 10.8. The summed E-state index contributed by atoms with van der Waals surface area (Å²) in [6, 6.07) is 12.0. The highest BCUT2D eigenvalue weighted by Gasteiger charge is 2.12. The van der Waals surface area contributed by atoms with Crippen LogP contribution in [0.1, 0.15) is 25.1 Å². The maximum atomic E-state index is 5.99. The molecule has 0 fully saturated rings. The van der Waals surface area contributed by atoms with Gasteiger partial charge in [-0.05, 0) is 30.0 Å². The minimum Gasteiger partial charge on any atom is -0.459 e. The molecule has 2 aromatic heterocycles. The van der Waals surface area contributed by atoms with Gasteiger partial charge in [-0.25, -0.2) is 0 Å². The average molecular weight is 252 g/mol. The van der Waals surface area contributed by atoms with Crippen molar-refractivity contribution in [3.8, 4) is 11.3 Å². The van der Waals surface area contributed by atoms with E-state index in [4.69, 9.17) is 10.2 Å². The molecule has 96 valence electrons. The van der Waals surface area contributed by atoms with Gasteiger partial charge in [0.25, 0.3) is 0 Å². The second-order valence-corrected chi connectivity index (χ2v) is 4.62. The van der Waals surface area contributed by atoms with Gasteiger partial charge in [0.15, 0.2) is 0 Å². The van der Waals surface area contributed by atoms with Gasteiger partial charge in [0.2, 0.25) is 0 Å². The summed E-state index contributed by atoms with van der Waals surface area (Å²) in [5.41, 5.74) is 7.05. The van der Waals surface area contributed by atoms with Crippen LogP contribution in [0, 0.1) is 0 Å². The van der Waals surface area contributed by atoms with Crippen molar-refractivity contribution in [1.29, 1.82) is 0 Å². The van der Waals surface area contributed by atoms with Crippen LogP contribution in [-0.2, 0) is 0 Å². The molecule has 0 amide bonds. The Bertz CT molecular complexity index is 697. The van der Waals surface area contributed by atoms with E-state index in [1.165, 1.54) is 0 Å². The van der Waals surface area contributed by atoms with E-state index >= 15 is 0 Å². The smallest absolute Gasteiger partial charge is 0.135 e. The second kappa shape index (κ2) is 4.86. The van der Waals surface area contributed by atoms with E-state index in [2.05, 4.69) is 18.0 Å². The molecule has 0 spiro atoms. The first kappa shape index (κ1) is 11.9. The van der Waals surface area contributed by atoms with Crippen molar-refractivity contribution in [3.05, 3.63) is 54.6 Å². The largest absolute Gasteiger partial charge is 0.459 e. The summed E-state index contributed by atoms with van der Waals surface area (Å²) in [5.74, 6) is 1.68. The van der Waals surface area contributed by atoms with E-state index in [1.807, 2.05) is 36.5 Å². The Morgan fingerprint density at radius 1 is 1.21 bits per heavy atom. The maximum Gasteiger partial charge on any atom is 0.135 e. The molecule has 0 aliphatic heterocycles. The number of nitrogens with two attached hydrogens (primary N) is 1. The monoisotopic (exact) mass is 252 g/mol. The Morgan fingerprint density at radius 2 is 2.11 bits per heavy atom. The van der Waals surface area contributed by atoms with Crippen LogP contribution in [0.15, 0.2) is 53.2 Å². The lowest BCUT2D eigenvalue weighted by molar-refractivity contribution is 0.470. The molecule has 1 unspecified atom stereocenters. The summed E-state index contributed by atoms with van der Waals surface area (Å²) in [4.78, 5) is 4.19. The van der Waals surface area contributed by atoms with Gasteiger partial charge in [0.05, 0.1) is 6.04 Å². The number of aromatic nitrogens is 1. The Morgan fingerprint density at radius 3 is 2.95 bits per heavy atom. The highest BCUT2D eigenvalue weighted by Crippen LogP contribution is 2.30. The third-order valence-corrected chi connectivity index (χ3v) is 3.38. The number of furan rings is 1. The number of nitrogens with zero attached hydrogens (tertiary/aromatic N) is 1. The molecular weight excluding hydrogens is 236 g/mol. The summed E-state index contributed by atoms with van der Waals surface area (Å²) in [6.07, 6.45) is 4.53. The van der Waals surface area contributed by atoms with Crippen LogP contribution in [0.2, 0.25) is 0 Å². The fraction of sp³-hybridized carbons (Fsp3) is 0.188. The molecule has 0 aliphatic carbocycles.